The molecular weight excluding hydrogens is 420 g/mol. The molecule has 7 heteroatoms. The Balaban J connectivity index is 1.50. The lowest BCUT2D eigenvalue weighted by atomic mass is 10.0. The number of nitrogens with zero attached hydrogens (tertiary/aromatic N) is 2. The van der Waals surface area contributed by atoms with E-state index < -0.39 is 23.3 Å². The molecule has 3 nitrogen and oxygen atoms in total. The number of aryl methyl sites for hydroxylation is 2. The number of aromatic nitrogens is 2. The van der Waals surface area contributed by atoms with Gasteiger partial charge in [0.1, 0.15) is 11.6 Å². The Labute approximate surface area is 181 Å². The number of hydrogen-bond acceptors (Lipinski definition) is 3. The van der Waals surface area contributed by atoms with Crippen LogP contribution in [-0.2, 0) is 12.8 Å². The highest BCUT2D eigenvalue weighted by atomic mass is 19.2. The Morgan fingerprint density at radius 1 is 0.812 bits per heavy atom. The van der Waals surface area contributed by atoms with Crippen molar-refractivity contribution in [1.29, 1.82) is 0 Å². The third-order valence-electron chi connectivity index (χ3n) is 4.90. The summed E-state index contributed by atoms with van der Waals surface area (Å²) in [6, 6.07) is 9.86. The summed E-state index contributed by atoms with van der Waals surface area (Å²) < 4.78 is 60.2. The lowest BCUT2D eigenvalue weighted by Crippen LogP contribution is -1.99. The number of hydrogen-bond donors (Lipinski definition) is 0. The maximum Gasteiger partial charge on any atom is 0.195 e. The average Bonchev–Trinajstić information content (AvgIpc) is 2.81. The highest BCUT2D eigenvalue weighted by Gasteiger charge is 2.13. The van der Waals surface area contributed by atoms with Crippen molar-refractivity contribution < 1.29 is 22.3 Å². The predicted molar refractivity (Wildman–Crippen MR) is 112 cm³/mol. The molecule has 0 aliphatic heterocycles. The Bertz CT molecular complexity index is 1360. The van der Waals surface area contributed by atoms with E-state index in [-0.39, 0.29) is 16.3 Å². The van der Waals surface area contributed by atoms with Crippen molar-refractivity contribution in [3.63, 3.8) is 0 Å². The van der Waals surface area contributed by atoms with Crippen molar-refractivity contribution in [3.8, 4) is 17.6 Å². The zero-order chi connectivity index (χ0) is 22.7. The van der Waals surface area contributed by atoms with Gasteiger partial charge in [0, 0.05) is 17.4 Å². The van der Waals surface area contributed by atoms with Crippen LogP contribution in [0.2, 0.25) is 0 Å². The molecule has 0 N–H and O–H groups in total. The molecule has 0 spiro atoms. The Morgan fingerprint density at radius 2 is 1.59 bits per heavy atom. The average molecular weight is 436 g/mol. The molecule has 0 bridgehead atoms. The monoisotopic (exact) mass is 436 g/mol. The zero-order valence-corrected chi connectivity index (χ0v) is 16.9. The standard InChI is InChI=1S/C25H16F4N2O/c1-32-19-13-30-23(31-14-19)9-5-16-3-7-17(21(26)11-16)6-2-15-4-8-20-18(10-15)12-22(27)25(29)24(20)28/h3-4,7-8,10-14H,5,9H2,1H3. The van der Waals surface area contributed by atoms with Gasteiger partial charge in [-0.25, -0.2) is 27.5 Å². The summed E-state index contributed by atoms with van der Waals surface area (Å²) in [5, 5.41) is 0.121. The zero-order valence-electron chi connectivity index (χ0n) is 16.9. The van der Waals surface area contributed by atoms with Gasteiger partial charge in [0.25, 0.3) is 0 Å². The highest BCUT2D eigenvalue weighted by molar-refractivity contribution is 5.84. The number of benzene rings is 3. The molecular formula is C25H16F4N2O. The fourth-order valence-electron chi connectivity index (χ4n) is 3.17. The van der Waals surface area contributed by atoms with E-state index in [0.717, 1.165) is 11.6 Å². The van der Waals surface area contributed by atoms with E-state index in [1.165, 1.54) is 31.4 Å². The summed E-state index contributed by atoms with van der Waals surface area (Å²) in [7, 11) is 1.53. The van der Waals surface area contributed by atoms with Gasteiger partial charge < -0.3 is 4.74 Å². The molecule has 0 aliphatic rings. The molecule has 0 saturated heterocycles. The molecule has 4 rings (SSSR count). The maximum atomic E-state index is 14.5. The summed E-state index contributed by atoms with van der Waals surface area (Å²) in [5.74, 6) is 2.17. The molecule has 0 radical (unpaired) electrons. The van der Waals surface area contributed by atoms with Crippen LogP contribution >= 0.6 is 0 Å². The van der Waals surface area contributed by atoms with Gasteiger partial charge in [0.2, 0.25) is 0 Å². The lowest BCUT2D eigenvalue weighted by Gasteiger charge is -2.04. The second-order valence-corrected chi connectivity index (χ2v) is 7.03. The largest absolute Gasteiger partial charge is 0.494 e. The molecule has 0 unspecified atom stereocenters. The van der Waals surface area contributed by atoms with Crippen LogP contribution in [0.25, 0.3) is 10.8 Å². The van der Waals surface area contributed by atoms with Crippen molar-refractivity contribution in [2.24, 2.45) is 0 Å². The molecule has 0 amide bonds. The normalized spacial score (nSPS) is 10.7. The van der Waals surface area contributed by atoms with Gasteiger partial charge in [-0.15, -0.1) is 0 Å². The summed E-state index contributed by atoms with van der Waals surface area (Å²) in [6.45, 7) is 0. The van der Waals surface area contributed by atoms with E-state index in [1.54, 1.807) is 24.5 Å². The minimum Gasteiger partial charge on any atom is -0.494 e. The summed E-state index contributed by atoms with van der Waals surface area (Å²) in [4.78, 5) is 8.37. The van der Waals surface area contributed by atoms with E-state index in [1.807, 2.05) is 0 Å². The van der Waals surface area contributed by atoms with Crippen LogP contribution in [0.4, 0.5) is 17.6 Å². The maximum absolute atomic E-state index is 14.5. The first kappa shape index (κ1) is 21.3. The van der Waals surface area contributed by atoms with Crippen molar-refractivity contribution in [3.05, 3.63) is 101 Å². The fraction of sp³-hybridized carbons (Fsp3) is 0.120. The van der Waals surface area contributed by atoms with Gasteiger partial charge in [0.05, 0.1) is 25.1 Å². The number of fused-ring (bicyclic) bond motifs is 1. The van der Waals surface area contributed by atoms with E-state index >= 15 is 0 Å². The van der Waals surface area contributed by atoms with Crippen molar-refractivity contribution in [1.82, 2.24) is 9.97 Å². The van der Waals surface area contributed by atoms with Crippen molar-refractivity contribution in [2.75, 3.05) is 7.11 Å². The van der Waals surface area contributed by atoms with Gasteiger partial charge >= 0.3 is 0 Å². The Kier molecular flexibility index (Phi) is 6.04. The quantitative estimate of drug-likeness (QED) is 0.245. The van der Waals surface area contributed by atoms with Crippen LogP contribution in [0.1, 0.15) is 22.5 Å². The molecule has 0 atom stereocenters. The van der Waals surface area contributed by atoms with Crippen molar-refractivity contribution in [2.45, 2.75) is 12.8 Å². The van der Waals surface area contributed by atoms with Crippen LogP contribution in [0.15, 0.2) is 54.9 Å². The second kappa shape index (κ2) is 9.06. The summed E-state index contributed by atoms with van der Waals surface area (Å²) in [6.07, 6.45) is 4.25. The lowest BCUT2D eigenvalue weighted by molar-refractivity contribution is 0.410. The van der Waals surface area contributed by atoms with Gasteiger partial charge in [-0.05, 0) is 47.7 Å². The molecule has 32 heavy (non-hydrogen) atoms. The number of methoxy groups -OCH3 is 1. The number of halogens is 4. The Morgan fingerprint density at radius 3 is 2.31 bits per heavy atom. The number of rotatable bonds is 4. The molecule has 0 fully saturated rings. The minimum atomic E-state index is -1.52. The smallest absolute Gasteiger partial charge is 0.195 e. The van der Waals surface area contributed by atoms with Crippen molar-refractivity contribution >= 4 is 10.8 Å². The fourth-order valence-corrected chi connectivity index (χ4v) is 3.17. The molecule has 1 aromatic heterocycles. The van der Waals surface area contributed by atoms with Gasteiger partial charge in [-0.1, -0.05) is 24.0 Å². The van der Waals surface area contributed by atoms with Crippen LogP contribution in [0, 0.1) is 35.1 Å². The third kappa shape index (κ3) is 4.54. The molecule has 0 aliphatic carbocycles. The molecule has 160 valence electrons. The minimum absolute atomic E-state index is 0.0502. The van der Waals surface area contributed by atoms with Gasteiger partial charge in [-0.3, -0.25) is 0 Å². The van der Waals surface area contributed by atoms with Gasteiger partial charge in [-0.2, -0.15) is 0 Å². The SMILES string of the molecule is COc1cnc(CCc2ccc(C#Cc3ccc4c(F)c(F)c(F)cc4c3)c(F)c2)nc1. The first-order valence-electron chi connectivity index (χ1n) is 9.67. The van der Waals surface area contributed by atoms with E-state index in [2.05, 4.69) is 21.8 Å². The van der Waals surface area contributed by atoms with E-state index in [4.69, 9.17) is 4.74 Å². The van der Waals surface area contributed by atoms with E-state index in [9.17, 15) is 17.6 Å². The molecule has 1 heterocycles. The van der Waals surface area contributed by atoms with Crippen LogP contribution in [-0.4, -0.2) is 17.1 Å². The summed E-state index contributed by atoms with van der Waals surface area (Å²) >= 11 is 0. The predicted octanol–water partition coefficient (Wildman–Crippen LogP) is 5.38. The molecule has 3 aromatic carbocycles. The summed E-state index contributed by atoms with van der Waals surface area (Å²) in [5.41, 5.74) is 1.38. The number of ether oxygens (including phenoxy) is 1. The second-order valence-electron chi connectivity index (χ2n) is 7.03. The highest BCUT2D eigenvalue weighted by Crippen LogP contribution is 2.24. The van der Waals surface area contributed by atoms with Crippen LogP contribution < -0.4 is 4.74 Å². The third-order valence-corrected chi connectivity index (χ3v) is 4.90. The van der Waals surface area contributed by atoms with Gasteiger partial charge in [0.15, 0.2) is 23.2 Å². The van der Waals surface area contributed by atoms with E-state index in [0.29, 0.717) is 30.0 Å². The Hall–Kier alpha value is -3.92. The molecule has 0 saturated carbocycles. The van der Waals surface area contributed by atoms with Crippen LogP contribution in [0.3, 0.4) is 0 Å². The first-order valence-corrected chi connectivity index (χ1v) is 9.67. The van der Waals surface area contributed by atoms with Crippen LogP contribution in [0.5, 0.6) is 5.75 Å². The first-order chi connectivity index (χ1) is 15.4. The molecule has 4 aromatic rings. The topological polar surface area (TPSA) is 35.0 Å².